The molecule has 0 aromatic rings. The largest absolute Gasteiger partial charge is 1.00 e. The summed E-state index contributed by atoms with van der Waals surface area (Å²) in [6.07, 6.45) is 8.72. The molecular weight excluding hydrogens is 647 g/mol. The summed E-state index contributed by atoms with van der Waals surface area (Å²) in [6, 6.07) is 0. The molecule has 8 bridgehead atoms. The fourth-order valence-electron chi connectivity index (χ4n) is 10.4. The van der Waals surface area contributed by atoms with Crippen molar-refractivity contribution in [3.8, 4) is 0 Å². The second kappa shape index (κ2) is 12.4. The molecule has 8 aliphatic carbocycles. The zero-order chi connectivity index (χ0) is 32.6. The second-order valence-electron chi connectivity index (χ2n) is 15.7. The van der Waals surface area contributed by atoms with Gasteiger partial charge in [-0.3, -0.25) is 18.9 Å². The first-order valence-corrected chi connectivity index (χ1v) is 17.5. The van der Waals surface area contributed by atoms with Gasteiger partial charge in [0.05, 0.1) is 23.9 Å². The first-order chi connectivity index (χ1) is 20.9. The summed E-state index contributed by atoms with van der Waals surface area (Å²) >= 11 is 0. The minimum atomic E-state index is -6.45. The van der Waals surface area contributed by atoms with Gasteiger partial charge in [0.15, 0.2) is 0 Å². The van der Waals surface area contributed by atoms with E-state index in [1.807, 2.05) is 0 Å². The summed E-state index contributed by atoms with van der Waals surface area (Å²) in [5.41, 5.74) is -3.19. The van der Waals surface area contributed by atoms with Gasteiger partial charge < -0.3 is 15.6 Å². The third kappa shape index (κ3) is 6.52. The van der Waals surface area contributed by atoms with Crippen molar-refractivity contribution in [1.29, 1.82) is 0 Å². The molecule has 8 aliphatic rings. The van der Waals surface area contributed by atoms with Gasteiger partial charge in [-0.1, -0.05) is 0 Å². The van der Waals surface area contributed by atoms with E-state index >= 15 is 0 Å². The van der Waals surface area contributed by atoms with Crippen molar-refractivity contribution < 1.29 is 90.1 Å². The molecule has 0 atom stereocenters. The Morgan fingerprint density at radius 1 is 0.717 bits per heavy atom. The van der Waals surface area contributed by atoms with Crippen LogP contribution in [0.25, 0.3) is 0 Å². The van der Waals surface area contributed by atoms with Gasteiger partial charge in [-0.15, -0.1) is 0 Å². The quantitative estimate of drug-likeness (QED) is 0.108. The van der Waals surface area contributed by atoms with Crippen LogP contribution in [0.3, 0.4) is 0 Å². The molecule has 8 rings (SSSR count). The summed E-state index contributed by atoms with van der Waals surface area (Å²) in [5.74, 6) is -4.81. The van der Waals surface area contributed by atoms with Crippen molar-refractivity contribution in [1.82, 2.24) is 0 Å². The maximum Gasteiger partial charge on any atom is 1.00 e. The molecule has 0 saturated heterocycles. The SMILES string of the molecule is CC(COC(=O)C12CC3CC(CC(C3)C1)C2)(COC(=O)C12CC3CC(CC(C3)C1)C2)C(=O)OCCC(F)(F)C(F)(F)S(=O)(=O)O.[H-].[Na+]. The third-order valence-corrected chi connectivity index (χ3v) is 12.8. The molecule has 256 valence electrons. The van der Waals surface area contributed by atoms with Gasteiger partial charge in [-0.2, -0.15) is 26.0 Å². The molecule has 0 heterocycles. The summed E-state index contributed by atoms with van der Waals surface area (Å²) < 4.78 is 102. The van der Waals surface area contributed by atoms with Crippen LogP contribution >= 0.6 is 0 Å². The number of halogens is 4. The Balaban J connectivity index is 0.00000250. The minimum Gasteiger partial charge on any atom is -1.00 e. The van der Waals surface area contributed by atoms with Crippen molar-refractivity contribution >= 4 is 28.0 Å². The number of hydrogen-bond donors (Lipinski definition) is 1. The average molecular weight is 691 g/mol. The van der Waals surface area contributed by atoms with Crippen LogP contribution in [-0.2, 0) is 38.7 Å². The monoisotopic (exact) mass is 690 g/mol. The first-order valence-electron chi connectivity index (χ1n) is 16.1. The van der Waals surface area contributed by atoms with Crippen LogP contribution in [0.5, 0.6) is 0 Å². The van der Waals surface area contributed by atoms with Crippen LogP contribution in [0.1, 0.15) is 91.8 Å². The van der Waals surface area contributed by atoms with Crippen LogP contribution in [0, 0.1) is 51.8 Å². The van der Waals surface area contributed by atoms with Crippen molar-refractivity contribution in [3.63, 3.8) is 0 Å². The predicted molar refractivity (Wildman–Crippen MR) is 149 cm³/mol. The summed E-state index contributed by atoms with van der Waals surface area (Å²) in [5, 5.41) is -5.81. The van der Waals surface area contributed by atoms with Crippen molar-refractivity contribution in [2.24, 2.45) is 51.8 Å². The van der Waals surface area contributed by atoms with Gasteiger partial charge in [0, 0.05) is 0 Å². The van der Waals surface area contributed by atoms with Gasteiger partial charge in [-0.05, 0) is 119 Å². The molecule has 9 nitrogen and oxygen atoms in total. The Hall–Kier alpha value is -0.960. The first kappa shape index (κ1) is 36.3. The standard InChI is InChI=1S/C31H42F4O9S.Na.H/c1-27(24(36)42-3-2-30(32,33)31(34,35)45(39,40)41,16-43-25(37)28-10-18-4-19(11-28)6-20(5-18)12-28)17-44-26(38)29-13-21-7-22(14-29)9-23(8-21)15-29;;/h18-23H,2-17H2,1H3,(H,39,40,41);;/q;+1;-1. The normalized spacial score (nSPS) is 37.3. The number of carbonyl (C=O) groups excluding carboxylic acids is 3. The number of esters is 3. The third-order valence-electron chi connectivity index (χ3n) is 11.9. The van der Waals surface area contributed by atoms with Crippen LogP contribution in [0.4, 0.5) is 17.6 Å². The van der Waals surface area contributed by atoms with Crippen LogP contribution < -0.4 is 29.6 Å². The van der Waals surface area contributed by atoms with Crippen LogP contribution in [-0.4, -0.2) is 61.9 Å². The Morgan fingerprint density at radius 3 is 1.35 bits per heavy atom. The smallest absolute Gasteiger partial charge is 1.00 e. The Morgan fingerprint density at radius 2 is 1.04 bits per heavy atom. The topological polar surface area (TPSA) is 133 Å². The molecule has 0 amide bonds. The fourth-order valence-corrected chi connectivity index (χ4v) is 10.9. The molecule has 0 radical (unpaired) electrons. The molecule has 1 N–H and O–H groups in total. The van der Waals surface area contributed by atoms with Crippen molar-refractivity contribution in [2.45, 2.75) is 102 Å². The van der Waals surface area contributed by atoms with E-state index in [2.05, 4.69) is 0 Å². The zero-order valence-corrected chi connectivity index (χ0v) is 29.2. The number of hydrogen-bond acceptors (Lipinski definition) is 8. The average Bonchev–Trinajstić information content (AvgIpc) is 2.92. The maximum absolute atomic E-state index is 14.1. The minimum absolute atomic E-state index is 0. The molecule has 0 aromatic carbocycles. The van der Waals surface area contributed by atoms with E-state index in [4.69, 9.17) is 18.8 Å². The van der Waals surface area contributed by atoms with Crippen molar-refractivity contribution in [3.05, 3.63) is 0 Å². The molecular formula is C31H43F4NaO9S. The van der Waals surface area contributed by atoms with Gasteiger partial charge in [-0.25, -0.2) is 0 Å². The predicted octanol–water partition coefficient (Wildman–Crippen LogP) is 2.68. The van der Waals surface area contributed by atoms with Gasteiger partial charge >= 0.3 is 68.8 Å². The maximum atomic E-state index is 14.1. The van der Waals surface area contributed by atoms with E-state index in [9.17, 15) is 40.4 Å². The molecule has 46 heavy (non-hydrogen) atoms. The number of ether oxygens (including phenoxy) is 3. The molecule has 15 heteroatoms. The number of rotatable bonds is 12. The summed E-state index contributed by atoms with van der Waals surface area (Å²) in [7, 11) is -6.45. The van der Waals surface area contributed by atoms with E-state index in [1.54, 1.807) is 0 Å². The molecule has 8 saturated carbocycles. The van der Waals surface area contributed by atoms with E-state index in [-0.39, 0.29) is 31.0 Å². The summed E-state index contributed by atoms with van der Waals surface area (Å²) in [6.45, 7) is -1.21. The number of carbonyl (C=O) groups is 3. The van der Waals surface area contributed by atoms with Crippen LogP contribution in [0.2, 0.25) is 0 Å². The fraction of sp³-hybridized carbons (Fsp3) is 0.903. The molecule has 0 spiro atoms. The summed E-state index contributed by atoms with van der Waals surface area (Å²) in [4.78, 5) is 40.4. The molecule has 0 aromatic heterocycles. The van der Waals surface area contributed by atoms with Gasteiger partial charge in [0.25, 0.3) is 0 Å². The van der Waals surface area contributed by atoms with E-state index in [0.717, 1.165) is 38.5 Å². The van der Waals surface area contributed by atoms with E-state index in [0.29, 0.717) is 74.0 Å². The van der Waals surface area contributed by atoms with E-state index < -0.39 is 81.7 Å². The van der Waals surface area contributed by atoms with Gasteiger partial charge in [0.1, 0.15) is 18.6 Å². The van der Waals surface area contributed by atoms with Crippen molar-refractivity contribution in [2.75, 3.05) is 19.8 Å². The van der Waals surface area contributed by atoms with E-state index in [1.165, 1.54) is 6.92 Å². The zero-order valence-electron chi connectivity index (χ0n) is 27.4. The number of alkyl halides is 4. The molecule has 8 fully saturated rings. The second-order valence-corrected chi connectivity index (χ2v) is 17.2. The molecule has 0 aliphatic heterocycles. The van der Waals surface area contributed by atoms with Crippen LogP contribution in [0.15, 0.2) is 0 Å². The molecule has 0 unspecified atom stereocenters. The van der Waals surface area contributed by atoms with Gasteiger partial charge in [0.2, 0.25) is 0 Å². The Kier molecular flexibility index (Phi) is 9.81. The Labute approximate surface area is 290 Å². The Bertz CT molecular complexity index is 1210.